The molecule has 3 aromatic carbocycles. The highest BCUT2D eigenvalue weighted by Gasteiger charge is 2.16. The van der Waals surface area contributed by atoms with Crippen LogP contribution in [0.25, 0.3) is 0 Å². The highest BCUT2D eigenvalue weighted by atomic mass is 16.5. The highest BCUT2D eigenvalue weighted by Crippen LogP contribution is 2.29. The molecule has 2 amide bonds. The molecule has 8 heteroatoms. The van der Waals surface area contributed by atoms with Gasteiger partial charge in [-0.2, -0.15) is 0 Å². The maximum Gasteiger partial charge on any atom is 0.336 e. The zero-order chi connectivity index (χ0) is 22.4. The molecule has 0 atom stereocenters. The zero-order valence-electron chi connectivity index (χ0n) is 16.8. The van der Waals surface area contributed by atoms with Crippen LogP contribution in [0.5, 0.6) is 11.5 Å². The van der Waals surface area contributed by atoms with Crippen LogP contribution >= 0.6 is 0 Å². The van der Waals surface area contributed by atoms with Crippen molar-refractivity contribution >= 4 is 29.2 Å². The third kappa shape index (κ3) is 4.99. The Hall–Kier alpha value is -4.33. The molecule has 31 heavy (non-hydrogen) atoms. The Kier molecular flexibility index (Phi) is 6.51. The molecule has 0 saturated heterocycles. The van der Waals surface area contributed by atoms with Gasteiger partial charge in [-0.1, -0.05) is 12.1 Å². The first-order valence-corrected chi connectivity index (χ1v) is 9.20. The Morgan fingerprint density at radius 1 is 0.774 bits per heavy atom. The van der Waals surface area contributed by atoms with Gasteiger partial charge in [0.2, 0.25) is 0 Å². The van der Waals surface area contributed by atoms with Crippen molar-refractivity contribution in [1.29, 1.82) is 0 Å². The van der Waals surface area contributed by atoms with Gasteiger partial charge in [0, 0.05) is 17.3 Å². The van der Waals surface area contributed by atoms with E-state index in [0.717, 1.165) is 0 Å². The lowest BCUT2D eigenvalue weighted by atomic mass is 10.1. The molecule has 0 radical (unpaired) electrons. The van der Waals surface area contributed by atoms with Crippen LogP contribution in [0.2, 0.25) is 0 Å². The van der Waals surface area contributed by atoms with E-state index in [9.17, 15) is 19.5 Å². The van der Waals surface area contributed by atoms with Crippen molar-refractivity contribution in [3.05, 3.63) is 83.4 Å². The fourth-order valence-electron chi connectivity index (χ4n) is 2.88. The molecule has 3 rings (SSSR count). The van der Waals surface area contributed by atoms with E-state index in [1.807, 2.05) is 0 Å². The topological polar surface area (TPSA) is 114 Å². The number of methoxy groups -OCH3 is 2. The van der Waals surface area contributed by atoms with E-state index in [2.05, 4.69) is 10.6 Å². The van der Waals surface area contributed by atoms with Crippen LogP contribution in [-0.4, -0.2) is 37.1 Å². The summed E-state index contributed by atoms with van der Waals surface area (Å²) < 4.78 is 10.4. The summed E-state index contributed by atoms with van der Waals surface area (Å²) in [4.78, 5) is 36.3. The highest BCUT2D eigenvalue weighted by molar-refractivity contribution is 6.11. The summed E-state index contributed by atoms with van der Waals surface area (Å²) in [5.74, 6) is -1.08. The standard InChI is InChI=1S/C23H20N2O6/c1-30-16-11-12-20(31-2)19(13-16)25-21(26)14-7-9-15(10-8-14)24-22(27)17-5-3-4-6-18(17)23(28)29/h3-13H,1-2H3,(H,24,27)(H,25,26)(H,28,29). The van der Waals surface area contributed by atoms with E-state index in [-0.39, 0.29) is 17.0 Å². The summed E-state index contributed by atoms with van der Waals surface area (Å²) in [6, 6.07) is 17.2. The van der Waals surface area contributed by atoms with E-state index in [4.69, 9.17) is 9.47 Å². The molecule has 158 valence electrons. The Balaban J connectivity index is 1.73. The number of rotatable bonds is 7. The number of ether oxygens (including phenoxy) is 2. The molecule has 0 saturated carbocycles. The van der Waals surface area contributed by atoms with Crippen LogP contribution in [-0.2, 0) is 0 Å². The third-order valence-corrected chi connectivity index (χ3v) is 4.46. The molecule has 0 fully saturated rings. The van der Waals surface area contributed by atoms with Crippen LogP contribution in [0, 0.1) is 0 Å². The summed E-state index contributed by atoms with van der Waals surface area (Å²) in [7, 11) is 3.02. The predicted octanol–water partition coefficient (Wildman–Crippen LogP) is 3.91. The van der Waals surface area contributed by atoms with Crippen LogP contribution in [0.15, 0.2) is 66.7 Å². The number of benzene rings is 3. The van der Waals surface area contributed by atoms with Crippen molar-refractivity contribution in [3.8, 4) is 11.5 Å². The number of carbonyl (C=O) groups excluding carboxylic acids is 2. The molecule has 0 aliphatic heterocycles. The van der Waals surface area contributed by atoms with Crippen LogP contribution in [0.4, 0.5) is 11.4 Å². The lowest BCUT2D eigenvalue weighted by Crippen LogP contribution is -2.16. The second kappa shape index (κ2) is 9.45. The first-order chi connectivity index (χ1) is 14.9. The fraction of sp³-hybridized carbons (Fsp3) is 0.0870. The molecule has 0 bridgehead atoms. The molecular formula is C23H20N2O6. The van der Waals surface area contributed by atoms with Gasteiger partial charge in [-0.15, -0.1) is 0 Å². The third-order valence-electron chi connectivity index (χ3n) is 4.46. The quantitative estimate of drug-likeness (QED) is 0.534. The van der Waals surface area contributed by atoms with Crippen molar-refractivity contribution in [1.82, 2.24) is 0 Å². The Labute approximate surface area is 178 Å². The summed E-state index contributed by atoms with van der Waals surface area (Å²) >= 11 is 0. The van der Waals surface area contributed by atoms with Crippen molar-refractivity contribution in [2.45, 2.75) is 0 Å². The minimum absolute atomic E-state index is 0.0435. The Bertz CT molecular complexity index is 1130. The molecule has 8 nitrogen and oxygen atoms in total. The summed E-state index contributed by atoms with van der Waals surface area (Å²) in [5, 5.41) is 14.6. The van der Waals surface area contributed by atoms with E-state index in [1.165, 1.54) is 26.4 Å². The predicted molar refractivity (Wildman–Crippen MR) is 115 cm³/mol. The largest absolute Gasteiger partial charge is 0.497 e. The number of carboxylic acid groups (broad SMARTS) is 1. The SMILES string of the molecule is COc1ccc(OC)c(NC(=O)c2ccc(NC(=O)c3ccccc3C(=O)O)cc2)c1. The number of nitrogens with one attached hydrogen (secondary N) is 2. The molecular weight excluding hydrogens is 400 g/mol. The maximum absolute atomic E-state index is 12.6. The summed E-state index contributed by atoms with van der Waals surface area (Å²) in [6.07, 6.45) is 0. The van der Waals surface area contributed by atoms with E-state index >= 15 is 0 Å². The number of anilines is 2. The normalized spacial score (nSPS) is 10.1. The fourth-order valence-corrected chi connectivity index (χ4v) is 2.88. The van der Waals surface area contributed by atoms with E-state index in [1.54, 1.807) is 54.6 Å². The minimum Gasteiger partial charge on any atom is -0.497 e. The van der Waals surface area contributed by atoms with Crippen molar-refractivity contribution < 1.29 is 29.0 Å². The van der Waals surface area contributed by atoms with Gasteiger partial charge in [0.25, 0.3) is 11.8 Å². The second-order valence-corrected chi connectivity index (χ2v) is 6.40. The van der Waals surface area contributed by atoms with Gasteiger partial charge < -0.3 is 25.2 Å². The average Bonchev–Trinajstić information content (AvgIpc) is 2.79. The number of amides is 2. The number of aromatic carboxylic acids is 1. The number of carboxylic acids is 1. The van der Waals surface area contributed by atoms with Crippen molar-refractivity contribution in [3.63, 3.8) is 0 Å². The first kappa shape index (κ1) is 21.4. The lowest BCUT2D eigenvalue weighted by molar-refractivity contribution is 0.0692. The number of hydrogen-bond donors (Lipinski definition) is 3. The van der Waals surface area contributed by atoms with Crippen LogP contribution in [0.1, 0.15) is 31.1 Å². The van der Waals surface area contributed by atoms with Crippen LogP contribution < -0.4 is 20.1 Å². The molecule has 0 aliphatic carbocycles. The van der Waals surface area contributed by atoms with Crippen molar-refractivity contribution in [2.24, 2.45) is 0 Å². The van der Waals surface area contributed by atoms with Gasteiger partial charge in [0.15, 0.2) is 0 Å². The summed E-state index contributed by atoms with van der Waals surface area (Å²) in [5.41, 5.74) is 1.18. The number of hydrogen-bond acceptors (Lipinski definition) is 5. The molecule has 0 aliphatic rings. The monoisotopic (exact) mass is 420 g/mol. The van der Waals surface area contributed by atoms with Gasteiger partial charge in [0.1, 0.15) is 11.5 Å². The average molecular weight is 420 g/mol. The molecule has 0 heterocycles. The smallest absolute Gasteiger partial charge is 0.336 e. The first-order valence-electron chi connectivity index (χ1n) is 9.20. The van der Waals surface area contributed by atoms with Gasteiger partial charge in [-0.25, -0.2) is 4.79 Å². The van der Waals surface area contributed by atoms with Crippen molar-refractivity contribution in [2.75, 3.05) is 24.9 Å². The van der Waals surface area contributed by atoms with Gasteiger partial charge in [-0.3, -0.25) is 9.59 Å². The molecule has 0 unspecified atom stereocenters. The Morgan fingerprint density at radius 2 is 1.45 bits per heavy atom. The van der Waals surface area contributed by atoms with Gasteiger partial charge in [0.05, 0.1) is 31.0 Å². The maximum atomic E-state index is 12.6. The molecule has 0 spiro atoms. The van der Waals surface area contributed by atoms with Crippen LogP contribution in [0.3, 0.4) is 0 Å². The molecule has 3 aromatic rings. The zero-order valence-corrected chi connectivity index (χ0v) is 16.8. The van der Waals surface area contributed by atoms with Gasteiger partial charge in [-0.05, 0) is 48.5 Å². The number of carbonyl (C=O) groups is 3. The Morgan fingerprint density at radius 3 is 2.06 bits per heavy atom. The summed E-state index contributed by atoms with van der Waals surface area (Å²) in [6.45, 7) is 0. The van der Waals surface area contributed by atoms with Gasteiger partial charge >= 0.3 is 5.97 Å². The molecule has 3 N–H and O–H groups in total. The van der Waals surface area contributed by atoms with E-state index < -0.39 is 11.9 Å². The second-order valence-electron chi connectivity index (χ2n) is 6.40. The minimum atomic E-state index is -1.19. The van der Waals surface area contributed by atoms with E-state index in [0.29, 0.717) is 28.4 Å². The lowest BCUT2D eigenvalue weighted by Gasteiger charge is -2.12. The molecule has 0 aromatic heterocycles.